The molecule has 0 amide bonds. The fourth-order valence-corrected chi connectivity index (χ4v) is 4.11. The first-order chi connectivity index (χ1) is 12.8. The van der Waals surface area contributed by atoms with Crippen LogP contribution in [0.25, 0.3) is 0 Å². The average Bonchev–Trinajstić information content (AvgIpc) is 2.61. The van der Waals surface area contributed by atoms with Crippen molar-refractivity contribution in [2.24, 2.45) is 0 Å². The van der Waals surface area contributed by atoms with Crippen LogP contribution in [-0.2, 0) is 19.6 Å². The summed E-state index contributed by atoms with van der Waals surface area (Å²) in [5, 5.41) is 0.619. The van der Waals surface area contributed by atoms with Gasteiger partial charge >= 0.3 is 5.97 Å². The summed E-state index contributed by atoms with van der Waals surface area (Å²) in [5.41, 5.74) is 0.469. The van der Waals surface area contributed by atoms with Crippen molar-refractivity contribution in [1.29, 1.82) is 0 Å². The molecule has 2 rings (SSSR count). The largest absolute Gasteiger partial charge is 0.495 e. The van der Waals surface area contributed by atoms with Crippen molar-refractivity contribution < 1.29 is 22.7 Å². The number of carbonyl (C=O) groups is 1. The molecule has 0 aliphatic carbocycles. The Bertz CT molecular complexity index is 918. The Hall–Kier alpha value is -1.80. The van der Waals surface area contributed by atoms with Gasteiger partial charge in [0.2, 0.25) is 10.0 Å². The number of rotatable bonds is 8. The van der Waals surface area contributed by atoms with Gasteiger partial charge in [-0.05, 0) is 30.7 Å². The van der Waals surface area contributed by atoms with Gasteiger partial charge < -0.3 is 9.47 Å². The number of halogens is 2. The first kappa shape index (κ1) is 21.5. The Labute approximate surface area is 168 Å². The maximum Gasteiger partial charge on any atom is 0.307 e. The lowest BCUT2D eigenvalue weighted by Crippen LogP contribution is -2.31. The first-order valence-electron chi connectivity index (χ1n) is 8.04. The molecule has 0 heterocycles. The maximum atomic E-state index is 12.8. The molecule has 0 saturated heterocycles. The monoisotopic (exact) mass is 431 g/mol. The van der Waals surface area contributed by atoms with E-state index in [-0.39, 0.29) is 28.7 Å². The molecular weight excluding hydrogens is 413 g/mol. The Kier molecular flexibility index (Phi) is 7.49. The topological polar surface area (TPSA) is 81.7 Å². The van der Waals surface area contributed by atoms with Crippen LogP contribution in [0.3, 0.4) is 0 Å². The molecule has 9 heteroatoms. The zero-order valence-corrected chi connectivity index (χ0v) is 17.1. The molecule has 0 aromatic heterocycles. The van der Waals surface area contributed by atoms with Crippen LogP contribution in [0.4, 0.5) is 0 Å². The molecule has 0 fully saturated rings. The number of sulfonamides is 1. The third kappa shape index (κ3) is 5.59. The Morgan fingerprint density at radius 3 is 2.48 bits per heavy atom. The van der Waals surface area contributed by atoms with E-state index in [4.69, 9.17) is 32.7 Å². The highest BCUT2D eigenvalue weighted by molar-refractivity contribution is 7.89. The molecule has 27 heavy (non-hydrogen) atoms. The minimum Gasteiger partial charge on any atom is -0.495 e. The van der Waals surface area contributed by atoms with Gasteiger partial charge in [0.1, 0.15) is 5.75 Å². The van der Waals surface area contributed by atoms with E-state index in [0.717, 1.165) is 0 Å². The number of ether oxygens (including phenoxy) is 2. The van der Waals surface area contributed by atoms with Crippen molar-refractivity contribution in [3.63, 3.8) is 0 Å². The van der Waals surface area contributed by atoms with Crippen LogP contribution in [0.1, 0.15) is 24.9 Å². The second-order valence-electron chi connectivity index (χ2n) is 5.50. The van der Waals surface area contributed by atoms with Gasteiger partial charge in [0.25, 0.3) is 0 Å². The quantitative estimate of drug-likeness (QED) is 0.639. The molecule has 0 aliphatic heterocycles. The van der Waals surface area contributed by atoms with Crippen LogP contribution < -0.4 is 9.46 Å². The normalized spacial score (nSPS) is 12.4. The number of esters is 1. The van der Waals surface area contributed by atoms with Gasteiger partial charge in [-0.2, -0.15) is 0 Å². The number of carbonyl (C=O) groups excluding carboxylic acids is 1. The highest BCUT2D eigenvalue weighted by atomic mass is 35.5. The van der Waals surface area contributed by atoms with E-state index in [1.165, 1.54) is 25.3 Å². The molecule has 2 aromatic rings. The second-order valence-corrected chi connectivity index (χ2v) is 8.03. The summed E-state index contributed by atoms with van der Waals surface area (Å²) in [7, 11) is -2.60. The zero-order chi connectivity index (χ0) is 20.0. The van der Waals surface area contributed by atoms with Gasteiger partial charge in [-0.25, -0.2) is 13.1 Å². The lowest BCUT2D eigenvalue weighted by atomic mass is 10.1. The van der Waals surface area contributed by atoms with E-state index >= 15 is 0 Å². The van der Waals surface area contributed by atoms with E-state index in [9.17, 15) is 13.2 Å². The minimum absolute atomic E-state index is 0.0512. The van der Waals surface area contributed by atoms with Crippen LogP contribution >= 0.6 is 23.2 Å². The molecule has 0 saturated carbocycles. The van der Waals surface area contributed by atoms with E-state index in [1.54, 1.807) is 31.2 Å². The van der Waals surface area contributed by atoms with Crippen LogP contribution in [0.2, 0.25) is 10.0 Å². The molecule has 1 atom stereocenters. The molecule has 6 nitrogen and oxygen atoms in total. The standard InChI is InChI=1S/C18H19Cl2NO5S/c1-3-26-18(22)11-16(13-6-4-5-7-14(13)19)21-27(23,24)12-8-9-15(20)17(10-12)25-2/h4-10,16,21H,3,11H2,1-2H3/t16-/m0/s1. The smallest absolute Gasteiger partial charge is 0.307 e. The van der Waals surface area contributed by atoms with Crippen molar-refractivity contribution >= 4 is 39.2 Å². The van der Waals surface area contributed by atoms with Gasteiger partial charge in [-0.1, -0.05) is 41.4 Å². The summed E-state index contributed by atoms with van der Waals surface area (Å²) in [6.07, 6.45) is -0.207. The Morgan fingerprint density at radius 2 is 1.85 bits per heavy atom. The van der Waals surface area contributed by atoms with Gasteiger partial charge in [-0.3, -0.25) is 4.79 Å². The molecule has 146 valence electrons. The predicted octanol–water partition coefficient (Wildman–Crippen LogP) is 3.97. The Morgan fingerprint density at radius 1 is 1.15 bits per heavy atom. The summed E-state index contributed by atoms with van der Waals surface area (Å²) < 4.78 is 38.2. The number of methoxy groups -OCH3 is 1. The molecular formula is C18H19Cl2NO5S. The van der Waals surface area contributed by atoms with Crippen LogP contribution in [0.5, 0.6) is 5.75 Å². The fourth-order valence-electron chi connectivity index (χ4n) is 2.42. The number of nitrogens with one attached hydrogen (secondary N) is 1. The first-order valence-corrected chi connectivity index (χ1v) is 10.3. The van der Waals surface area contributed by atoms with E-state index in [0.29, 0.717) is 10.6 Å². The third-order valence-electron chi connectivity index (χ3n) is 3.69. The van der Waals surface area contributed by atoms with Crippen LogP contribution in [0.15, 0.2) is 47.4 Å². The predicted molar refractivity (Wildman–Crippen MR) is 104 cm³/mol. The van der Waals surface area contributed by atoms with Crippen molar-refractivity contribution in [3.8, 4) is 5.75 Å². The molecule has 0 spiro atoms. The van der Waals surface area contributed by atoms with Gasteiger partial charge in [0.15, 0.2) is 0 Å². The Balaban J connectivity index is 2.38. The van der Waals surface area contributed by atoms with Gasteiger partial charge in [0, 0.05) is 11.1 Å². The van der Waals surface area contributed by atoms with Crippen LogP contribution in [-0.4, -0.2) is 28.1 Å². The SMILES string of the molecule is CCOC(=O)C[C@H](NS(=O)(=O)c1ccc(Cl)c(OC)c1)c1ccccc1Cl. The highest BCUT2D eigenvalue weighted by Crippen LogP contribution is 2.30. The molecule has 0 radical (unpaired) electrons. The maximum absolute atomic E-state index is 12.8. The summed E-state index contributed by atoms with van der Waals surface area (Å²) in [4.78, 5) is 11.9. The minimum atomic E-state index is -3.99. The number of hydrogen-bond acceptors (Lipinski definition) is 5. The van der Waals surface area contributed by atoms with E-state index < -0.39 is 22.0 Å². The number of benzene rings is 2. The van der Waals surface area contributed by atoms with E-state index in [1.807, 2.05) is 0 Å². The molecule has 0 aliphatic rings. The number of hydrogen-bond donors (Lipinski definition) is 1. The molecule has 0 unspecified atom stereocenters. The summed E-state index contributed by atoms with van der Waals surface area (Å²) in [6, 6.07) is 9.87. The lowest BCUT2D eigenvalue weighted by Gasteiger charge is -2.20. The van der Waals surface area contributed by atoms with Crippen molar-refractivity contribution in [2.75, 3.05) is 13.7 Å². The average molecular weight is 432 g/mol. The zero-order valence-electron chi connectivity index (χ0n) is 14.7. The second kappa shape index (κ2) is 9.41. The summed E-state index contributed by atoms with van der Waals surface area (Å²) in [5.74, 6) is -0.321. The van der Waals surface area contributed by atoms with Crippen molar-refractivity contribution in [2.45, 2.75) is 24.3 Å². The van der Waals surface area contributed by atoms with Gasteiger partial charge in [-0.15, -0.1) is 0 Å². The lowest BCUT2D eigenvalue weighted by molar-refractivity contribution is -0.143. The molecule has 1 N–H and O–H groups in total. The van der Waals surface area contributed by atoms with Crippen molar-refractivity contribution in [3.05, 3.63) is 58.1 Å². The molecule has 0 bridgehead atoms. The van der Waals surface area contributed by atoms with Crippen molar-refractivity contribution in [1.82, 2.24) is 4.72 Å². The summed E-state index contributed by atoms with van der Waals surface area (Å²) in [6.45, 7) is 1.86. The highest BCUT2D eigenvalue weighted by Gasteiger charge is 2.26. The van der Waals surface area contributed by atoms with E-state index in [2.05, 4.69) is 4.72 Å². The third-order valence-corrected chi connectivity index (χ3v) is 5.81. The van der Waals surface area contributed by atoms with Gasteiger partial charge in [0.05, 0.1) is 36.1 Å². The summed E-state index contributed by atoms with van der Waals surface area (Å²) >= 11 is 12.2. The molecule has 2 aromatic carbocycles. The fraction of sp³-hybridized carbons (Fsp3) is 0.278. The van der Waals surface area contributed by atoms with Crippen LogP contribution in [0, 0.1) is 0 Å².